The Morgan fingerprint density at radius 1 is 1.16 bits per heavy atom. The van der Waals surface area contributed by atoms with Gasteiger partial charge in [0.15, 0.2) is 0 Å². The number of aryl methyl sites for hydroxylation is 1. The maximum atomic E-state index is 13.0. The monoisotopic (exact) mass is 364 g/mol. The summed E-state index contributed by atoms with van der Waals surface area (Å²) >= 11 is 0. The second-order valence-electron chi connectivity index (χ2n) is 5.90. The van der Waals surface area contributed by atoms with Gasteiger partial charge in [-0.25, -0.2) is 12.8 Å². The molecule has 0 aliphatic rings. The lowest BCUT2D eigenvalue weighted by Gasteiger charge is -2.24. The number of sulfonamides is 1. The summed E-state index contributed by atoms with van der Waals surface area (Å²) < 4.78 is 38.3. The number of nitrogens with zero attached hydrogens (tertiary/aromatic N) is 1. The third-order valence-corrected chi connectivity index (χ3v) is 4.95. The van der Waals surface area contributed by atoms with Gasteiger partial charge < -0.3 is 5.32 Å². The number of anilines is 1. The van der Waals surface area contributed by atoms with Crippen LogP contribution in [0.1, 0.15) is 24.1 Å². The molecule has 1 atom stereocenters. The Bertz CT molecular complexity index is 851. The first kappa shape index (κ1) is 18.9. The minimum Gasteiger partial charge on any atom is -0.348 e. The standard InChI is InChI=1S/C18H21FN2O3S/c1-13-6-4-5-7-17(13)21(25(3,23)24)12-18(22)20-14(2)15-8-10-16(19)11-9-15/h4-11,14H,12H2,1-3H3,(H,20,22)/t14-/m0/s1. The van der Waals surface area contributed by atoms with E-state index in [1.54, 1.807) is 50.2 Å². The number of hydrogen-bond donors (Lipinski definition) is 1. The minimum absolute atomic E-state index is 0.324. The zero-order valence-corrected chi connectivity index (χ0v) is 15.2. The molecule has 0 saturated heterocycles. The molecule has 25 heavy (non-hydrogen) atoms. The summed E-state index contributed by atoms with van der Waals surface area (Å²) in [6.07, 6.45) is 1.07. The van der Waals surface area contributed by atoms with Crippen molar-refractivity contribution in [3.63, 3.8) is 0 Å². The number of amides is 1. The van der Waals surface area contributed by atoms with Crippen molar-refractivity contribution >= 4 is 21.6 Å². The molecule has 0 bridgehead atoms. The normalized spacial score (nSPS) is 12.5. The predicted octanol–water partition coefficient (Wildman–Crippen LogP) is 2.78. The number of carbonyl (C=O) groups excluding carboxylic acids is 1. The van der Waals surface area contributed by atoms with Crippen LogP contribution in [0.3, 0.4) is 0 Å². The minimum atomic E-state index is -3.62. The zero-order valence-electron chi connectivity index (χ0n) is 14.4. The van der Waals surface area contributed by atoms with Crippen LogP contribution in [0.5, 0.6) is 0 Å². The molecule has 7 heteroatoms. The number of carbonyl (C=O) groups is 1. The molecular weight excluding hydrogens is 343 g/mol. The van der Waals surface area contributed by atoms with E-state index in [2.05, 4.69) is 5.32 Å². The quantitative estimate of drug-likeness (QED) is 0.857. The van der Waals surface area contributed by atoms with Crippen LogP contribution >= 0.6 is 0 Å². The second kappa shape index (κ2) is 7.65. The van der Waals surface area contributed by atoms with Gasteiger partial charge >= 0.3 is 0 Å². The van der Waals surface area contributed by atoms with Gasteiger partial charge in [-0.15, -0.1) is 0 Å². The van der Waals surface area contributed by atoms with E-state index in [-0.39, 0.29) is 18.4 Å². The molecule has 1 N–H and O–H groups in total. The van der Waals surface area contributed by atoms with E-state index in [1.807, 2.05) is 0 Å². The zero-order chi connectivity index (χ0) is 18.6. The van der Waals surface area contributed by atoms with Crippen LogP contribution in [0, 0.1) is 12.7 Å². The molecule has 0 unspecified atom stereocenters. The van der Waals surface area contributed by atoms with E-state index in [4.69, 9.17) is 0 Å². The number of para-hydroxylation sites is 1. The van der Waals surface area contributed by atoms with Crippen LogP contribution in [0.4, 0.5) is 10.1 Å². The Morgan fingerprint density at radius 3 is 2.32 bits per heavy atom. The van der Waals surface area contributed by atoms with Crippen LogP contribution in [0.25, 0.3) is 0 Å². The lowest BCUT2D eigenvalue weighted by molar-refractivity contribution is -0.120. The van der Waals surface area contributed by atoms with Gasteiger partial charge in [0.1, 0.15) is 12.4 Å². The van der Waals surface area contributed by atoms with Gasteiger partial charge in [-0.1, -0.05) is 30.3 Å². The summed E-state index contributed by atoms with van der Waals surface area (Å²) in [5.74, 6) is -0.796. The van der Waals surface area contributed by atoms with Gasteiger partial charge in [0.2, 0.25) is 15.9 Å². The summed E-state index contributed by atoms with van der Waals surface area (Å²) in [5, 5.41) is 2.74. The highest BCUT2D eigenvalue weighted by Gasteiger charge is 2.23. The molecule has 0 spiro atoms. The average molecular weight is 364 g/mol. The van der Waals surface area contributed by atoms with Crippen molar-refractivity contribution in [2.45, 2.75) is 19.9 Å². The Labute approximate surface area is 147 Å². The molecule has 134 valence electrons. The van der Waals surface area contributed by atoms with E-state index < -0.39 is 15.9 Å². The van der Waals surface area contributed by atoms with Crippen molar-refractivity contribution in [3.05, 3.63) is 65.5 Å². The molecular formula is C18H21FN2O3S. The molecule has 0 aliphatic carbocycles. The van der Waals surface area contributed by atoms with Gasteiger partial charge in [-0.05, 0) is 43.2 Å². The van der Waals surface area contributed by atoms with Gasteiger partial charge in [0.05, 0.1) is 18.0 Å². The third kappa shape index (κ3) is 5.03. The molecule has 0 fully saturated rings. The van der Waals surface area contributed by atoms with Gasteiger partial charge in [0, 0.05) is 0 Å². The Kier molecular flexibility index (Phi) is 5.79. The fraction of sp³-hybridized carbons (Fsp3) is 0.278. The first-order valence-electron chi connectivity index (χ1n) is 7.76. The SMILES string of the molecule is Cc1ccccc1N(CC(=O)N[C@@H](C)c1ccc(F)cc1)S(C)(=O)=O. The van der Waals surface area contributed by atoms with Crippen molar-refractivity contribution < 1.29 is 17.6 Å². The van der Waals surface area contributed by atoms with Crippen molar-refractivity contribution in [3.8, 4) is 0 Å². The number of rotatable bonds is 6. The largest absolute Gasteiger partial charge is 0.348 e. The molecule has 2 aromatic carbocycles. The summed E-state index contributed by atoms with van der Waals surface area (Å²) in [5.41, 5.74) is 1.96. The van der Waals surface area contributed by atoms with Crippen molar-refractivity contribution in [1.29, 1.82) is 0 Å². The van der Waals surface area contributed by atoms with Crippen LogP contribution in [0.15, 0.2) is 48.5 Å². The highest BCUT2D eigenvalue weighted by Crippen LogP contribution is 2.22. The Morgan fingerprint density at radius 2 is 1.76 bits per heavy atom. The molecule has 0 radical (unpaired) electrons. The number of nitrogens with one attached hydrogen (secondary N) is 1. The molecule has 0 aliphatic heterocycles. The first-order valence-corrected chi connectivity index (χ1v) is 9.61. The maximum absolute atomic E-state index is 13.0. The number of benzene rings is 2. The smallest absolute Gasteiger partial charge is 0.241 e. The molecule has 2 aromatic rings. The number of halogens is 1. The van der Waals surface area contributed by atoms with Gasteiger partial charge in [-0.3, -0.25) is 9.10 Å². The predicted molar refractivity (Wildman–Crippen MR) is 96.3 cm³/mol. The summed E-state index contributed by atoms with van der Waals surface area (Å²) in [6.45, 7) is 3.21. The van der Waals surface area contributed by atoms with Crippen LogP contribution < -0.4 is 9.62 Å². The average Bonchev–Trinajstić information content (AvgIpc) is 2.53. The van der Waals surface area contributed by atoms with Crippen molar-refractivity contribution in [2.24, 2.45) is 0 Å². The summed E-state index contributed by atoms with van der Waals surface area (Å²) in [4.78, 5) is 12.3. The molecule has 0 saturated carbocycles. The second-order valence-corrected chi connectivity index (χ2v) is 7.80. The van der Waals surface area contributed by atoms with E-state index in [0.717, 1.165) is 21.7 Å². The van der Waals surface area contributed by atoms with Crippen molar-refractivity contribution in [1.82, 2.24) is 5.32 Å². The van der Waals surface area contributed by atoms with Crippen molar-refractivity contribution in [2.75, 3.05) is 17.1 Å². The molecule has 2 rings (SSSR count). The maximum Gasteiger partial charge on any atom is 0.241 e. The van der Waals surface area contributed by atoms with Gasteiger partial charge in [-0.2, -0.15) is 0 Å². The topological polar surface area (TPSA) is 66.5 Å². The van der Waals surface area contributed by atoms with Crippen LogP contribution in [0.2, 0.25) is 0 Å². The van der Waals surface area contributed by atoms with Crippen LogP contribution in [-0.4, -0.2) is 27.1 Å². The van der Waals surface area contributed by atoms with E-state index in [9.17, 15) is 17.6 Å². The highest BCUT2D eigenvalue weighted by atomic mass is 32.2. The molecule has 0 aromatic heterocycles. The third-order valence-electron chi connectivity index (χ3n) is 3.82. The van der Waals surface area contributed by atoms with Gasteiger partial charge in [0.25, 0.3) is 0 Å². The van der Waals surface area contributed by atoms with E-state index in [0.29, 0.717) is 5.69 Å². The van der Waals surface area contributed by atoms with E-state index in [1.165, 1.54) is 12.1 Å². The summed E-state index contributed by atoms with van der Waals surface area (Å²) in [6, 6.07) is 12.4. The lowest BCUT2D eigenvalue weighted by atomic mass is 10.1. The highest BCUT2D eigenvalue weighted by molar-refractivity contribution is 7.92. The summed E-state index contributed by atoms with van der Waals surface area (Å²) in [7, 11) is -3.62. The molecule has 0 heterocycles. The van der Waals surface area contributed by atoms with Crippen LogP contribution in [-0.2, 0) is 14.8 Å². The first-order chi connectivity index (χ1) is 11.7. The molecule has 1 amide bonds. The molecule has 5 nitrogen and oxygen atoms in total. The van der Waals surface area contributed by atoms with E-state index >= 15 is 0 Å². The fourth-order valence-electron chi connectivity index (χ4n) is 2.48. The number of hydrogen-bond acceptors (Lipinski definition) is 3. The Balaban J connectivity index is 2.15. The lowest BCUT2D eigenvalue weighted by Crippen LogP contribution is -2.41. The fourth-order valence-corrected chi connectivity index (χ4v) is 3.39. The Hall–Kier alpha value is -2.41.